The summed E-state index contributed by atoms with van der Waals surface area (Å²) in [6.45, 7) is 1.69. The SMILES string of the molecule is CCCCCCOC(=O)COCC(=O)Oc1c(Cl)cc(Cl)cc1Cl. The van der Waals surface area contributed by atoms with E-state index in [1.54, 1.807) is 0 Å². The lowest BCUT2D eigenvalue weighted by Crippen LogP contribution is -2.20. The minimum absolute atomic E-state index is 0.00478. The number of halogens is 3. The first-order valence-electron chi connectivity index (χ1n) is 7.52. The first-order chi connectivity index (χ1) is 11.4. The van der Waals surface area contributed by atoms with E-state index in [1.807, 2.05) is 0 Å². The number of unbranched alkanes of at least 4 members (excludes halogenated alkanes) is 3. The summed E-state index contributed by atoms with van der Waals surface area (Å²) in [6.07, 6.45) is 4.05. The van der Waals surface area contributed by atoms with Gasteiger partial charge in [0.1, 0.15) is 13.2 Å². The van der Waals surface area contributed by atoms with Crippen LogP contribution in [0.4, 0.5) is 0 Å². The molecule has 0 radical (unpaired) electrons. The van der Waals surface area contributed by atoms with Gasteiger partial charge >= 0.3 is 11.9 Å². The van der Waals surface area contributed by atoms with Gasteiger partial charge in [0, 0.05) is 5.02 Å². The molecule has 1 rings (SSSR count). The van der Waals surface area contributed by atoms with E-state index in [9.17, 15) is 9.59 Å². The van der Waals surface area contributed by atoms with Crippen molar-refractivity contribution in [1.29, 1.82) is 0 Å². The minimum Gasteiger partial charge on any atom is -0.464 e. The van der Waals surface area contributed by atoms with E-state index < -0.39 is 18.5 Å². The molecule has 0 heterocycles. The normalized spacial score (nSPS) is 10.5. The van der Waals surface area contributed by atoms with Gasteiger partial charge in [0.2, 0.25) is 0 Å². The lowest BCUT2D eigenvalue weighted by molar-refractivity contribution is -0.152. The number of rotatable bonds is 10. The van der Waals surface area contributed by atoms with Gasteiger partial charge in [-0.3, -0.25) is 0 Å². The highest BCUT2D eigenvalue weighted by atomic mass is 35.5. The Morgan fingerprint density at radius 2 is 1.58 bits per heavy atom. The van der Waals surface area contributed by atoms with Crippen LogP contribution in [0.15, 0.2) is 12.1 Å². The quantitative estimate of drug-likeness (QED) is 0.325. The van der Waals surface area contributed by atoms with Crippen LogP contribution in [0, 0.1) is 0 Å². The lowest BCUT2D eigenvalue weighted by Gasteiger charge is -2.09. The zero-order chi connectivity index (χ0) is 17.9. The molecule has 1 aromatic rings. The molecule has 0 unspecified atom stereocenters. The molecule has 0 saturated carbocycles. The van der Waals surface area contributed by atoms with Gasteiger partial charge in [-0.05, 0) is 18.6 Å². The van der Waals surface area contributed by atoms with Crippen LogP contribution in [0.25, 0.3) is 0 Å². The molecule has 0 aliphatic carbocycles. The van der Waals surface area contributed by atoms with Crippen molar-refractivity contribution in [3.05, 3.63) is 27.2 Å². The molecule has 1 aromatic carbocycles. The summed E-state index contributed by atoms with van der Waals surface area (Å²) in [4.78, 5) is 23.1. The van der Waals surface area contributed by atoms with Crippen LogP contribution >= 0.6 is 34.8 Å². The lowest BCUT2D eigenvalue weighted by atomic mass is 10.2. The average Bonchev–Trinajstić information content (AvgIpc) is 2.50. The molecule has 0 spiro atoms. The predicted molar refractivity (Wildman–Crippen MR) is 93.0 cm³/mol. The molecule has 24 heavy (non-hydrogen) atoms. The van der Waals surface area contributed by atoms with Crippen LogP contribution in [0.2, 0.25) is 15.1 Å². The third kappa shape index (κ3) is 8.20. The van der Waals surface area contributed by atoms with E-state index in [4.69, 9.17) is 49.0 Å². The van der Waals surface area contributed by atoms with E-state index in [1.165, 1.54) is 12.1 Å². The van der Waals surface area contributed by atoms with Crippen molar-refractivity contribution in [2.75, 3.05) is 19.8 Å². The van der Waals surface area contributed by atoms with Crippen molar-refractivity contribution in [3.63, 3.8) is 0 Å². The van der Waals surface area contributed by atoms with Crippen LogP contribution < -0.4 is 4.74 Å². The Morgan fingerprint density at radius 1 is 0.958 bits per heavy atom. The van der Waals surface area contributed by atoms with E-state index in [0.717, 1.165) is 25.7 Å². The molecule has 0 aliphatic heterocycles. The molecule has 5 nitrogen and oxygen atoms in total. The summed E-state index contributed by atoms with van der Waals surface area (Å²) in [7, 11) is 0. The molecule has 0 amide bonds. The summed E-state index contributed by atoms with van der Waals surface area (Å²) in [6, 6.07) is 2.79. The van der Waals surface area contributed by atoms with Gasteiger partial charge in [-0.1, -0.05) is 61.0 Å². The summed E-state index contributed by atoms with van der Waals surface area (Å²) < 4.78 is 14.9. The molecule has 0 aromatic heterocycles. The van der Waals surface area contributed by atoms with Gasteiger partial charge in [-0.2, -0.15) is 0 Å². The fourth-order valence-corrected chi connectivity index (χ4v) is 2.64. The van der Waals surface area contributed by atoms with Gasteiger partial charge in [0.05, 0.1) is 16.7 Å². The van der Waals surface area contributed by atoms with Crippen LogP contribution in [-0.2, 0) is 19.1 Å². The molecule has 0 N–H and O–H groups in total. The van der Waals surface area contributed by atoms with Crippen LogP contribution in [0.3, 0.4) is 0 Å². The first kappa shape index (κ1) is 21.0. The van der Waals surface area contributed by atoms with Crippen molar-refractivity contribution in [1.82, 2.24) is 0 Å². The maximum Gasteiger partial charge on any atom is 0.337 e. The van der Waals surface area contributed by atoms with Gasteiger partial charge in [0.25, 0.3) is 0 Å². The number of carbonyl (C=O) groups is 2. The number of hydrogen-bond acceptors (Lipinski definition) is 5. The molecule has 0 aliphatic rings. The highest BCUT2D eigenvalue weighted by Crippen LogP contribution is 2.35. The van der Waals surface area contributed by atoms with Gasteiger partial charge in [-0.25, -0.2) is 9.59 Å². The fourth-order valence-electron chi connectivity index (χ4n) is 1.74. The Balaban J connectivity index is 2.26. The van der Waals surface area contributed by atoms with Gasteiger partial charge < -0.3 is 14.2 Å². The van der Waals surface area contributed by atoms with Gasteiger partial charge in [0.15, 0.2) is 5.75 Å². The second-order valence-corrected chi connectivity index (χ2v) is 6.20. The Hall–Kier alpha value is -1.01. The number of hydrogen-bond donors (Lipinski definition) is 0. The zero-order valence-corrected chi connectivity index (χ0v) is 15.5. The average molecular weight is 398 g/mol. The summed E-state index contributed by atoms with van der Waals surface area (Å²) >= 11 is 17.6. The van der Waals surface area contributed by atoms with E-state index in [2.05, 4.69) is 6.92 Å². The summed E-state index contributed by atoms with van der Waals surface area (Å²) in [5, 5.41) is 0.530. The number of carbonyl (C=O) groups excluding carboxylic acids is 2. The van der Waals surface area contributed by atoms with Crippen molar-refractivity contribution < 1.29 is 23.8 Å². The van der Waals surface area contributed by atoms with Crippen LogP contribution in [0.1, 0.15) is 32.6 Å². The molecule has 134 valence electrons. The Kier molecular flexibility index (Phi) is 10.1. The Morgan fingerprint density at radius 3 is 2.21 bits per heavy atom. The molecule has 0 atom stereocenters. The first-order valence-corrected chi connectivity index (χ1v) is 8.66. The van der Waals surface area contributed by atoms with Gasteiger partial charge in [-0.15, -0.1) is 0 Å². The Labute approximate surface area is 156 Å². The zero-order valence-electron chi connectivity index (χ0n) is 13.3. The molecule has 0 bridgehead atoms. The largest absolute Gasteiger partial charge is 0.464 e. The fraction of sp³-hybridized carbons (Fsp3) is 0.500. The molecular formula is C16H19Cl3O5. The maximum absolute atomic E-state index is 11.7. The maximum atomic E-state index is 11.7. The predicted octanol–water partition coefficient (Wildman–Crippen LogP) is 4.69. The molecule has 0 saturated heterocycles. The third-order valence-corrected chi connectivity index (χ3v) is 3.66. The smallest absolute Gasteiger partial charge is 0.337 e. The minimum atomic E-state index is -0.739. The summed E-state index contributed by atoms with van der Waals surface area (Å²) in [5.74, 6) is -1.27. The molecule has 8 heteroatoms. The second kappa shape index (κ2) is 11.5. The number of esters is 2. The van der Waals surface area contributed by atoms with Crippen LogP contribution in [0.5, 0.6) is 5.75 Å². The summed E-state index contributed by atoms with van der Waals surface area (Å²) in [5.41, 5.74) is 0. The van der Waals surface area contributed by atoms with Crippen molar-refractivity contribution in [2.24, 2.45) is 0 Å². The topological polar surface area (TPSA) is 61.8 Å². The van der Waals surface area contributed by atoms with Crippen LogP contribution in [-0.4, -0.2) is 31.8 Å². The highest BCUT2D eigenvalue weighted by molar-refractivity contribution is 6.40. The highest BCUT2D eigenvalue weighted by Gasteiger charge is 2.14. The monoisotopic (exact) mass is 396 g/mol. The third-order valence-electron chi connectivity index (χ3n) is 2.88. The number of benzene rings is 1. The van der Waals surface area contributed by atoms with E-state index >= 15 is 0 Å². The van der Waals surface area contributed by atoms with Crippen molar-refractivity contribution in [2.45, 2.75) is 32.6 Å². The standard InChI is InChI=1S/C16H19Cl3O5/c1-2-3-4-5-6-23-14(20)9-22-10-15(21)24-16-12(18)7-11(17)8-13(16)19/h7-8H,2-6,9-10H2,1H3. The van der Waals surface area contributed by atoms with Crippen molar-refractivity contribution >= 4 is 46.7 Å². The molecular weight excluding hydrogens is 379 g/mol. The Bertz CT molecular complexity index is 540. The second-order valence-electron chi connectivity index (χ2n) is 4.95. The van der Waals surface area contributed by atoms with E-state index in [-0.39, 0.29) is 22.4 Å². The number of ether oxygens (including phenoxy) is 3. The van der Waals surface area contributed by atoms with Crippen molar-refractivity contribution in [3.8, 4) is 5.75 Å². The van der Waals surface area contributed by atoms with E-state index in [0.29, 0.717) is 11.6 Å². The molecule has 0 fully saturated rings.